The Bertz CT molecular complexity index is 442. The molecule has 1 aromatic rings. The van der Waals surface area contributed by atoms with E-state index in [0.717, 1.165) is 17.1 Å². The first-order valence-corrected chi connectivity index (χ1v) is 6.71. The molecule has 2 rings (SSSR count). The fraction of sp³-hybridized carbons (Fsp3) is 0.438. The van der Waals surface area contributed by atoms with Gasteiger partial charge in [-0.1, -0.05) is 43.1 Å². The highest BCUT2D eigenvalue weighted by Gasteiger charge is 2.09. The van der Waals surface area contributed by atoms with Crippen molar-refractivity contribution in [1.82, 2.24) is 4.98 Å². The number of allylic oxidation sites excluding steroid dienone is 3. The average Bonchev–Trinajstić information content (AvgIpc) is 2.38. The number of nitrogens with zero attached hydrogens (tertiary/aromatic N) is 1. The molecule has 0 atom stereocenters. The summed E-state index contributed by atoms with van der Waals surface area (Å²) in [4.78, 5) is 3.84. The predicted octanol–water partition coefficient (Wildman–Crippen LogP) is 4.76. The van der Waals surface area contributed by atoms with Crippen molar-refractivity contribution in [1.29, 1.82) is 0 Å². The zero-order chi connectivity index (χ0) is 12.8. The van der Waals surface area contributed by atoms with Gasteiger partial charge in [0.2, 0.25) is 0 Å². The minimum atomic E-state index is -0.284. The second-order valence-corrected chi connectivity index (χ2v) is 5.08. The van der Waals surface area contributed by atoms with Crippen molar-refractivity contribution in [2.75, 3.05) is 0 Å². The number of hydrogen-bond donors (Lipinski definition) is 0. The lowest BCUT2D eigenvalue weighted by atomic mass is 9.89. The molecule has 2 heteroatoms. The number of aromatic nitrogens is 1. The van der Waals surface area contributed by atoms with Crippen LogP contribution in [-0.2, 0) is 0 Å². The average molecular weight is 245 g/mol. The normalized spacial score (nSPS) is 18.4. The molecule has 0 spiro atoms. The summed E-state index contributed by atoms with van der Waals surface area (Å²) in [5.41, 5.74) is 1.97. The van der Waals surface area contributed by atoms with Gasteiger partial charge in [-0.25, -0.2) is 4.39 Å². The summed E-state index contributed by atoms with van der Waals surface area (Å²) in [6.07, 6.45) is 16.0. The number of halogens is 1. The van der Waals surface area contributed by atoms with E-state index in [0.29, 0.717) is 0 Å². The first kappa shape index (κ1) is 13.0. The van der Waals surface area contributed by atoms with Crippen molar-refractivity contribution in [2.24, 2.45) is 5.92 Å². The molecule has 1 fully saturated rings. The van der Waals surface area contributed by atoms with Crippen molar-refractivity contribution in [2.45, 2.75) is 39.0 Å². The van der Waals surface area contributed by atoms with Crippen LogP contribution < -0.4 is 0 Å². The van der Waals surface area contributed by atoms with Crippen LogP contribution in [0.4, 0.5) is 4.39 Å². The Hall–Kier alpha value is -1.44. The summed E-state index contributed by atoms with van der Waals surface area (Å²) in [6.45, 7) is 2.05. The molecule has 96 valence electrons. The molecule has 1 saturated carbocycles. The third kappa shape index (κ3) is 4.10. The van der Waals surface area contributed by atoms with Crippen molar-refractivity contribution < 1.29 is 4.39 Å². The van der Waals surface area contributed by atoms with Gasteiger partial charge in [-0.05, 0) is 37.3 Å². The van der Waals surface area contributed by atoms with Gasteiger partial charge in [-0.2, -0.15) is 0 Å². The zero-order valence-corrected chi connectivity index (χ0v) is 10.9. The van der Waals surface area contributed by atoms with E-state index in [4.69, 9.17) is 0 Å². The SMILES string of the molecule is CC(=C/c1cncc(F)c1)/C=C/C1CCCCC1. The maximum Gasteiger partial charge on any atom is 0.142 e. The molecule has 1 aromatic heterocycles. The maximum atomic E-state index is 13.0. The summed E-state index contributed by atoms with van der Waals surface area (Å²) < 4.78 is 13.0. The Morgan fingerprint density at radius 1 is 1.28 bits per heavy atom. The summed E-state index contributed by atoms with van der Waals surface area (Å²) >= 11 is 0. The summed E-state index contributed by atoms with van der Waals surface area (Å²) in [7, 11) is 0. The minimum Gasteiger partial charge on any atom is -0.261 e. The van der Waals surface area contributed by atoms with Crippen LogP contribution in [0.5, 0.6) is 0 Å². The van der Waals surface area contributed by atoms with E-state index in [1.807, 2.05) is 13.0 Å². The quantitative estimate of drug-likeness (QED) is 0.700. The maximum absolute atomic E-state index is 13.0. The molecule has 0 amide bonds. The van der Waals surface area contributed by atoms with Crippen LogP contribution in [0.1, 0.15) is 44.6 Å². The summed E-state index contributed by atoms with van der Waals surface area (Å²) in [5, 5.41) is 0. The highest BCUT2D eigenvalue weighted by molar-refractivity contribution is 5.54. The van der Waals surface area contributed by atoms with Crippen LogP contribution in [0.15, 0.2) is 36.2 Å². The van der Waals surface area contributed by atoms with Crippen molar-refractivity contribution in [3.05, 3.63) is 47.6 Å². The van der Waals surface area contributed by atoms with Crippen LogP contribution in [-0.4, -0.2) is 4.98 Å². The molecule has 0 bridgehead atoms. The molecular formula is C16H20FN. The zero-order valence-electron chi connectivity index (χ0n) is 10.9. The smallest absolute Gasteiger partial charge is 0.142 e. The lowest BCUT2D eigenvalue weighted by Gasteiger charge is -2.17. The van der Waals surface area contributed by atoms with Crippen LogP contribution >= 0.6 is 0 Å². The van der Waals surface area contributed by atoms with Crippen molar-refractivity contribution in [3.63, 3.8) is 0 Å². The number of hydrogen-bond acceptors (Lipinski definition) is 1. The lowest BCUT2D eigenvalue weighted by molar-refractivity contribution is 0.419. The van der Waals surface area contributed by atoms with E-state index in [9.17, 15) is 4.39 Å². The second-order valence-electron chi connectivity index (χ2n) is 5.08. The van der Waals surface area contributed by atoms with Crippen LogP contribution in [0.3, 0.4) is 0 Å². The van der Waals surface area contributed by atoms with E-state index in [-0.39, 0.29) is 5.82 Å². The monoisotopic (exact) mass is 245 g/mol. The summed E-state index contributed by atoms with van der Waals surface area (Å²) in [5.74, 6) is 0.445. The van der Waals surface area contributed by atoms with Gasteiger partial charge < -0.3 is 0 Å². The minimum absolute atomic E-state index is 0.284. The van der Waals surface area contributed by atoms with E-state index >= 15 is 0 Å². The number of pyridine rings is 1. The molecule has 0 unspecified atom stereocenters. The Kier molecular flexibility index (Phi) is 4.68. The Balaban J connectivity index is 1.97. The van der Waals surface area contributed by atoms with E-state index < -0.39 is 0 Å². The number of rotatable bonds is 3. The molecule has 0 aromatic carbocycles. The molecular weight excluding hydrogens is 225 g/mol. The van der Waals surface area contributed by atoms with E-state index in [1.165, 1.54) is 44.4 Å². The van der Waals surface area contributed by atoms with E-state index in [2.05, 4.69) is 17.1 Å². The van der Waals surface area contributed by atoms with Crippen molar-refractivity contribution in [3.8, 4) is 0 Å². The molecule has 0 aliphatic heterocycles. The summed E-state index contributed by atoms with van der Waals surface area (Å²) in [6, 6.07) is 1.50. The van der Waals surface area contributed by atoms with Gasteiger partial charge in [0.05, 0.1) is 6.20 Å². The predicted molar refractivity (Wildman–Crippen MR) is 73.6 cm³/mol. The van der Waals surface area contributed by atoms with Gasteiger partial charge in [-0.3, -0.25) is 4.98 Å². The molecule has 1 aliphatic carbocycles. The second kappa shape index (κ2) is 6.48. The Morgan fingerprint density at radius 3 is 2.78 bits per heavy atom. The third-order valence-electron chi connectivity index (χ3n) is 3.40. The third-order valence-corrected chi connectivity index (χ3v) is 3.40. The van der Waals surface area contributed by atoms with Gasteiger partial charge in [0.1, 0.15) is 5.82 Å². The molecule has 0 radical (unpaired) electrons. The Morgan fingerprint density at radius 2 is 2.06 bits per heavy atom. The molecule has 1 heterocycles. The fourth-order valence-corrected chi connectivity index (χ4v) is 2.43. The first-order valence-electron chi connectivity index (χ1n) is 6.71. The van der Waals surface area contributed by atoms with Gasteiger partial charge in [0, 0.05) is 6.20 Å². The van der Waals surface area contributed by atoms with Crippen LogP contribution in [0, 0.1) is 11.7 Å². The molecule has 1 aliphatic rings. The molecule has 18 heavy (non-hydrogen) atoms. The highest BCUT2D eigenvalue weighted by Crippen LogP contribution is 2.25. The standard InChI is InChI=1S/C16H20FN/c1-13(7-8-14-5-3-2-4-6-14)9-15-10-16(17)12-18-11-15/h7-12,14H,2-6H2,1H3/b8-7+,13-9-. The molecule has 0 saturated heterocycles. The van der Waals surface area contributed by atoms with Gasteiger partial charge in [0.25, 0.3) is 0 Å². The van der Waals surface area contributed by atoms with Crippen LogP contribution in [0.2, 0.25) is 0 Å². The van der Waals surface area contributed by atoms with E-state index in [1.54, 1.807) is 6.20 Å². The van der Waals surface area contributed by atoms with Gasteiger partial charge in [-0.15, -0.1) is 0 Å². The van der Waals surface area contributed by atoms with Crippen LogP contribution in [0.25, 0.3) is 6.08 Å². The topological polar surface area (TPSA) is 12.9 Å². The van der Waals surface area contributed by atoms with Crippen molar-refractivity contribution >= 4 is 6.08 Å². The largest absolute Gasteiger partial charge is 0.261 e. The fourth-order valence-electron chi connectivity index (χ4n) is 2.43. The highest BCUT2D eigenvalue weighted by atomic mass is 19.1. The van der Waals surface area contributed by atoms with Gasteiger partial charge >= 0.3 is 0 Å². The molecule has 0 N–H and O–H groups in total. The molecule has 1 nitrogen and oxygen atoms in total. The van der Waals surface area contributed by atoms with Gasteiger partial charge in [0.15, 0.2) is 0 Å². The Labute approximate surface area is 108 Å². The lowest BCUT2D eigenvalue weighted by Crippen LogP contribution is -2.02. The first-order chi connectivity index (χ1) is 8.74.